The third kappa shape index (κ3) is 5.11. The Morgan fingerprint density at radius 3 is 2.57 bits per heavy atom. The second-order valence-electron chi connectivity index (χ2n) is 9.55. The lowest BCUT2D eigenvalue weighted by Crippen LogP contribution is -2.20. The Bertz CT molecular complexity index is 1470. The van der Waals surface area contributed by atoms with Crippen LogP contribution in [0.2, 0.25) is 0 Å². The van der Waals surface area contributed by atoms with E-state index in [0.29, 0.717) is 46.3 Å². The number of ketones is 1. The van der Waals surface area contributed by atoms with Crippen molar-refractivity contribution in [1.29, 1.82) is 0 Å². The summed E-state index contributed by atoms with van der Waals surface area (Å²) in [7, 11) is 0. The van der Waals surface area contributed by atoms with Gasteiger partial charge in [0.2, 0.25) is 0 Å². The average molecular weight is 496 g/mol. The third-order valence-corrected chi connectivity index (χ3v) is 6.98. The first kappa shape index (κ1) is 24.3. The van der Waals surface area contributed by atoms with Gasteiger partial charge in [-0.1, -0.05) is 18.7 Å². The van der Waals surface area contributed by atoms with Crippen LogP contribution in [-0.4, -0.2) is 36.4 Å². The van der Waals surface area contributed by atoms with Crippen LogP contribution in [0.3, 0.4) is 0 Å². The second kappa shape index (κ2) is 10.3. The number of anilines is 2. The molecule has 1 fully saturated rings. The summed E-state index contributed by atoms with van der Waals surface area (Å²) in [6.07, 6.45) is 8.78. The number of fused-ring (bicyclic) bond motifs is 1. The summed E-state index contributed by atoms with van der Waals surface area (Å²) in [4.78, 5) is 37.4. The van der Waals surface area contributed by atoms with Crippen molar-refractivity contribution < 1.29 is 9.59 Å². The maximum atomic E-state index is 12.7. The first-order valence-corrected chi connectivity index (χ1v) is 12.4. The van der Waals surface area contributed by atoms with Gasteiger partial charge in [-0.05, 0) is 74.4 Å². The van der Waals surface area contributed by atoms with Crippen LogP contribution < -0.4 is 11.1 Å². The Kier molecular flexibility index (Phi) is 6.76. The van der Waals surface area contributed by atoms with Gasteiger partial charge in [-0.3, -0.25) is 9.59 Å². The molecule has 0 radical (unpaired) electrons. The molecule has 3 aromatic heterocycles. The molecular formula is C28H29N7O2. The Morgan fingerprint density at radius 2 is 1.86 bits per heavy atom. The number of rotatable bonds is 7. The minimum Gasteiger partial charge on any atom is -0.383 e. The van der Waals surface area contributed by atoms with E-state index in [1.54, 1.807) is 18.3 Å². The first-order valence-electron chi connectivity index (χ1n) is 12.4. The molecule has 5 rings (SSSR count). The summed E-state index contributed by atoms with van der Waals surface area (Å²) in [6.45, 7) is 5.53. The molecule has 3 N–H and O–H groups in total. The fourth-order valence-corrected chi connectivity index (χ4v) is 4.99. The highest BCUT2D eigenvalue weighted by molar-refractivity contribution is 6.04. The molecule has 1 saturated carbocycles. The van der Waals surface area contributed by atoms with Gasteiger partial charge in [0.25, 0.3) is 5.91 Å². The number of nitrogen functional groups attached to an aromatic ring is 1. The number of amides is 1. The molecule has 1 aliphatic rings. The van der Waals surface area contributed by atoms with E-state index in [2.05, 4.69) is 26.8 Å². The van der Waals surface area contributed by atoms with E-state index in [9.17, 15) is 9.59 Å². The molecule has 9 nitrogen and oxygen atoms in total. The van der Waals surface area contributed by atoms with Crippen molar-refractivity contribution in [2.24, 2.45) is 5.92 Å². The zero-order chi connectivity index (χ0) is 25.9. The first-order chi connectivity index (χ1) is 17.9. The molecule has 0 bridgehead atoms. The maximum Gasteiger partial charge on any atom is 0.256 e. The zero-order valence-corrected chi connectivity index (χ0v) is 20.7. The minimum absolute atomic E-state index is 0.100. The van der Waals surface area contributed by atoms with Gasteiger partial charge in [0.1, 0.15) is 23.7 Å². The van der Waals surface area contributed by atoms with E-state index >= 15 is 0 Å². The number of aryl methyl sites for hydroxylation is 1. The van der Waals surface area contributed by atoms with E-state index in [-0.39, 0.29) is 17.7 Å². The van der Waals surface area contributed by atoms with Gasteiger partial charge in [0.15, 0.2) is 11.4 Å². The number of carbonyl (C=O) groups is 2. The Hall–Kier alpha value is -4.40. The number of benzene rings is 1. The molecule has 0 spiro atoms. The van der Waals surface area contributed by atoms with Gasteiger partial charge in [-0.15, -0.1) is 0 Å². The Morgan fingerprint density at radius 1 is 1.11 bits per heavy atom. The van der Waals surface area contributed by atoms with E-state index in [1.807, 2.05) is 35.9 Å². The highest BCUT2D eigenvalue weighted by Gasteiger charge is 2.27. The summed E-state index contributed by atoms with van der Waals surface area (Å²) in [5, 5.41) is 8.47. The van der Waals surface area contributed by atoms with E-state index in [4.69, 9.17) is 10.8 Å². The van der Waals surface area contributed by atoms with Gasteiger partial charge in [-0.25, -0.2) is 19.6 Å². The fourth-order valence-electron chi connectivity index (χ4n) is 4.99. The SMILES string of the molecule is C=CC(=O)C[C@H]1CC[C@H](n2nc(-c3ccc(C(=O)Nc4cc(C)ccn4)cc3)c3c(N)ncnc32)CC1. The Labute approximate surface area is 214 Å². The van der Waals surface area contributed by atoms with Gasteiger partial charge in [-0.2, -0.15) is 5.10 Å². The quantitative estimate of drug-likeness (QED) is 0.349. The maximum absolute atomic E-state index is 12.7. The van der Waals surface area contributed by atoms with Crippen LogP contribution in [0.15, 0.2) is 61.6 Å². The molecule has 0 aliphatic heterocycles. The lowest BCUT2D eigenvalue weighted by Gasteiger charge is -2.28. The van der Waals surface area contributed by atoms with Crippen LogP contribution >= 0.6 is 0 Å². The summed E-state index contributed by atoms with van der Waals surface area (Å²) in [6, 6.07) is 11.1. The van der Waals surface area contributed by atoms with Crippen molar-refractivity contribution in [3.05, 3.63) is 72.7 Å². The topological polar surface area (TPSA) is 129 Å². The smallest absolute Gasteiger partial charge is 0.256 e. The van der Waals surface area contributed by atoms with E-state index in [0.717, 1.165) is 36.8 Å². The number of hydrogen-bond donors (Lipinski definition) is 2. The molecule has 9 heteroatoms. The van der Waals surface area contributed by atoms with Crippen LogP contribution in [-0.2, 0) is 4.79 Å². The van der Waals surface area contributed by atoms with Crippen LogP contribution in [0.4, 0.5) is 11.6 Å². The highest BCUT2D eigenvalue weighted by Crippen LogP contribution is 2.38. The molecule has 1 aromatic carbocycles. The van der Waals surface area contributed by atoms with Gasteiger partial charge in [0, 0.05) is 23.7 Å². The molecule has 0 unspecified atom stereocenters. The number of carbonyl (C=O) groups excluding carboxylic acids is 2. The molecule has 0 saturated heterocycles. The minimum atomic E-state index is -0.241. The number of pyridine rings is 1. The van der Waals surface area contributed by atoms with Crippen LogP contribution in [0.5, 0.6) is 0 Å². The van der Waals surface area contributed by atoms with Crippen molar-refractivity contribution in [1.82, 2.24) is 24.7 Å². The molecule has 1 amide bonds. The summed E-state index contributed by atoms with van der Waals surface area (Å²) >= 11 is 0. The number of aromatic nitrogens is 5. The highest BCUT2D eigenvalue weighted by atomic mass is 16.1. The molecular weight excluding hydrogens is 466 g/mol. The van der Waals surface area contributed by atoms with Crippen molar-refractivity contribution in [2.45, 2.75) is 45.1 Å². The van der Waals surface area contributed by atoms with E-state index < -0.39 is 0 Å². The molecule has 4 aromatic rings. The van der Waals surface area contributed by atoms with Crippen LogP contribution in [0.25, 0.3) is 22.3 Å². The second-order valence-corrected chi connectivity index (χ2v) is 9.55. The standard InChI is InChI=1S/C28H29N7O2/c1-3-22(36)15-18-4-10-21(11-5-18)35-27-24(26(29)31-16-32-27)25(34-35)19-6-8-20(9-7-19)28(37)33-23-14-17(2)12-13-30-23/h3,6-9,12-14,16,18,21H,1,4-5,10-11,15H2,2H3,(H2,29,31,32)(H,30,33,37)/t18-,21-. The van der Waals surface area contributed by atoms with Crippen molar-refractivity contribution in [3.8, 4) is 11.3 Å². The zero-order valence-electron chi connectivity index (χ0n) is 20.7. The van der Waals surface area contributed by atoms with Gasteiger partial charge in [0.05, 0.1) is 11.4 Å². The largest absolute Gasteiger partial charge is 0.383 e. The average Bonchev–Trinajstić information content (AvgIpc) is 3.30. The normalized spacial score (nSPS) is 17.4. The summed E-state index contributed by atoms with van der Waals surface area (Å²) in [5.41, 5.74) is 10.0. The molecule has 0 atom stereocenters. The van der Waals surface area contributed by atoms with Gasteiger partial charge >= 0.3 is 0 Å². The number of nitrogens with two attached hydrogens (primary N) is 1. The number of nitrogens with one attached hydrogen (secondary N) is 1. The van der Waals surface area contributed by atoms with Gasteiger partial charge < -0.3 is 11.1 Å². The lowest BCUT2D eigenvalue weighted by atomic mass is 9.83. The van der Waals surface area contributed by atoms with Crippen molar-refractivity contribution in [2.75, 3.05) is 11.1 Å². The molecule has 188 valence electrons. The molecule has 3 heterocycles. The third-order valence-electron chi connectivity index (χ3n) is 6.98. The lowest BCUT2D eigenvalue weighted by molar-refractivity contribution is -0.115. The monoisotopic (exact) mass is 495 g/mol. The number of nitrogens with zero attached hydrogens (tertiary/aromatic N) is 5. The van der Waals surface area contributed by atoms with Crippen LogP contribution in [0.1, 0.15) is 54.1 Å². The Balaban J connectivity index is 1.39. The molecule has 1 aliphatic carbocycles. The predicted molar refractivity (Wildman–Crippen MR) is 143 cm³/mol. The predicted octanol–water partition coefficient (Wildman–Crippen LogP) is 4.91. The van der Waals surface area contributed by atoms with Crippen molar-refractivity contribution in [3.63, 3.8) is 0 Å². The number of hydrogen-bond acceptors (Lipinski definition) is 7. The number of allylic oxidation sites excluding steroid dienone is 1. The molecule has 37 heavy (non-hydrogen) atoms. The fraction of sp³-hybridized carbons (Fsp3) is 0.286. The van der Waals surface area contributed by atoms with Crippen LogP contribution in [0, 0.1) is 12.8 Å². The summed E-state index contributed by atoms with van der Waals surface area (Å²) in [5.74, 6) is 1.10. The summed E-state index contributed by atoms with van der Waals surface area (Å²) < 4.78 is 1.96. The van der Waals surface area contributed by atoms with Crippen molar-refractivity contribution >= 4 is 34.4 Å². The van der Waals surface area contributed by atoms with E-state index in [1.165, 1.54) is 12.4 Å².